The van der Waals surface area contributed by atoms with Crippen molar-refractivity contribution >= 4 is 0 Å². The molecule has 0 bridgehead atoms. The molecular formula is C12H21N3O. The second kappa shape index (κ2) is 4.17. The first-order chi connectivity index (χ1) is 7.50. The summed E-state index contributed by atoms with van der Waals surface area (Å²) in [7, 11) is 0. The standard InChI is InChI=1S/C12H21N3O/c1-5-15(9-6-7-9)8-10-13-14-11(16-10)12(2,3)4/h9H,5-8H2,1-4H3. The van der Waals surface area contributed by atoms with Crippen LogP contribution < -0.4 is 0 Å². The van der Waals surface area contributed by atoms with Gasteiger partial charge in [-0.1, -0.05) is 27.7 Å². The molecule has 0 N–H and O–H groups in total. The molecular weight excluding hydrogens is 202 g/mol. The summed E-state index contributed by atoms with van der Waals surface area (Å²) in [6.45, 7) is 10.3. The number of hydrogen-bond donors (Lipinski definition) is 0. The summed E-state index contributed by atoms with van der Waals surface area (Å²) in [6, 6.07) is 0.745. The van der Waals surface area contributed by atoms with Gasteiger partial charge >= 0.3 is 0 Å². The Bertz CT molecular complexity index is 349. The highest BCUT2D eigenvalue weighted by atomic mass is 16.4. The van der Waals surface area contributed by atoms with Crippen LogP contribution in [0.3, 0.4) is 0 Å². The minimum absolute atomic E-state index is 0.0537. The van der Waals surface area contributed by atoms with Gasteiger partial charge in [-0.05, 0) is 19.4 Å². The van der Waals surface area contributed by atoms with Crippen LogP contribution in [0, 0.1) is 0 Å². The van der Waals surface area contributed by atoms with Crippen molar-refractivity contribution in [3.63, 3.8) is 0 Å². The summed E-state index contributed by atoms with van der Waals surface area (Å²) < 4.78 is 5.69. The van der Waals surface area contributed by atoms with E-state index in [2.05, 4.69) is 42.8 Å². The summed E-state index contributed by atoms with van der Waals surface area (Å²) in [5.74, 6) is 1.48. The highest BCUT2D eigenvalue weighted by Crippen LogP contribution is 2.28. The van der Waals surface area contributed by atoms with E-state index in [1.165, 1.54) is 12.8 Å². The van der Waals surface area contributed by atoms with Crippen molar-refractivity contribution < 1.29 is 4.42 Å². The van der Waals surface area contributed by atoms with Gasteiger partial charge in [0.2, 0.25) is 11.8 Å². The van der Waals surface area contributed by atoms with E-state index in [0.29, 0.717) is 0 Å². The lowest BCUT2D eigenvalue weighted by Crippen LogP contribution is -2.25. The van der Waals surface area contributed by atoms with Crippen molar-refractivity contribution in [1.82, 2.24) is 15.1 Å². The zero-order valence-corrected chi connectivity index (χ0v) is 10.7. The first kappa shape index (κ1) is 11.6. The van der Waals surface area contributed by atoms with E-state index in [0.717, 1.165) is 30.9 Å². The highest BCUT2D eigenvalue weighted by Gasteiger charge is 2.29. The van der Waals surface area contributed by atoms with Gasteiger partial charge in [0.1, 0.15) is 0 Å². The van der Waals surface area contributed by atoms with Gasteiger partial charge in [0, 0.05) is 11.5 Å². The monoisotopic (exact) mass is 223 g/mol. The molecule has 4 nitrogen and oxygen atoms in total. The fourth-order valence-corrected chi connectivity index (χ4v) is 1.73. The maximum absolute atomic E-state index is 5.69. The minimum Gasteiger partial charge on any atom is -0.423 e. The first-order valence-electron chi connectivity index (χ1n) is 6.07. The number of nitrogens with zero attached hydrogens (tertiary/aromatic N) is 3. The van der Waals surface area contributed by atoms with Gasteiger partial charge in [-0.25, -0.2) is 0 Å². The Morgan fingerprint density at radius 1 is 1.31 bits per heavy atom. The normalized spacial score (nSPS) is 17.1. The molecule has 90 valence electrons. The van der Waals surface area contributed by atoms with Crippen molar-refractivity contribution in [1.29, 1.82) is 0 Å². The molecule has 0 amide bonds. The summed E-state index contributed by atoms with van der Waals surface area (Å²) in [4.78, 5) is 2.40. The molecule has 1 fully saturated rings. The molecule has 1 aliphatic carbocycles. The molecule has 0 radical (unpaired) electrons. The fourth-order valence-electron chi connectivity index (χ4n) is 1.73. The van der Waals surface area contributed by atoms with Crippen LogP contribution in [-0.4, -0.2) is 27.7 Å². The summed E-state index contributed by atoms with van der Waals surface area (Å²) in [6.07, 6.45) is 2.63. The van der Waals surface area contributed by atoms with E-state index in [9.17, 15) is 0 Å². The molecule has 2 rings (SSSR count). The molecule has 1 saturated carbocycles. The Balaban J connectivity index is 2.01. The minimum atomic E-state index is -0.0537. The zero-order chi connectivity index (χ0) is 11.8. The number of rotatable bonds is 4. The lowest BCUT2D eigenvalue weighted by atomic mass is 9.97. The van der Waals surface area contributed by atoms with Crippen LogP contribution in [0.5, 0.6) is 0 Å². The molecule has 1 aromatic rings. The van der Waals surface area contributed by atoms with Gasteiger partial charge in [0.25, 0.3) is 0 Å². The second-order valence-corrected chi connectivity index (χ2v) is 5.55. The van der Waals surface area contributed by atoms with E-state index in [1.807, 2.05) is 0 Å². The second-order valence-electron chi connectivity index (χ2n) is 5.55. The van der Waals surface area contributed by atoms with Crippen LogP contribution in [0.2, 0.25) is 0 Å². The predicted octanol–water partition coefficient (Wildman–Crippen LogP) is 2.35. The van der Waals surface area contributed by atoms with Gasteiger partial charge in [0.05, 0.1) is 6.54 Å². The third-order valence-electron chi connectivity index (χ3n) is 2.92. The lowest BCUT2D eigenvalue weighted by Gasteiger charge is -2.17. The van der Waals surface area contributed by atoms with Gasteiger partial charge < -0.3 is 4.42 Å². The van der Waals surface area contributed by atoms with E-state index in [4.69, 9.17) is 4.42 Å². The molecule has 0 aromatic carbocycles. The maximum atomic E-state index is 5.69. The van der Waals surface area contributed by atoms with Gasteiger partial charge in [0.15, 0.2) is 0 Å². The van der Waals surface area contributed by atoms with Crippen molar-refractivity contribution in [2.45, 2.75) is 58.5 Å². The zero-order valence-electron chi connectivity index (χ0n) is 10.7. The third-order valence-corrected chi connectivity index (χ3v) is 2.92. The van der Waals surface area contributed by atoms with Crippen LogP contribution >= 0.6 is 0 Å². The molecule has 0 saturated heterocycles. The van der Waals surface area contributed by atoms with Crippen molar-refractivity contribution in [3.8, 4) is 0 Å². The van der Waals surface area contributed by atoms with Crippen LogP contribution in [0.15, 0.2) is 4.42 Å². The highest BCUT2D eigenvalue weighted by molar-refractivity contribution is 4.96. The molecule has 0 spiro atoms. The summed E-state index contributed by atoms with van der Waals surface area (Å²) >= 11 is 0. The molecule has 1 aliphatic rings. The Labute approximate surface area is 97.0 Å². The lowest BCUT2D eigenvalue weighted by molar-refractivity contribution is 0.234. The average Bonchev–Trinajstić information content (AvgIpc) is 2.92. The van der Waals surface area contributed by atoms with Crippen LogP contribution in [-0.2, 0) is 12.0 Å². The molecule has 0 aliphatic heterocycles. The Morgan fingerprint density at radius 2 is 2.00 bits per heavy atom. The predicted molar refractivity (Wildman–Crippen MR) is 62.1 cm³/mol. The molecule has 4 heteroatoms. The van der Waals surface area contributed by atoms with Gasteiger partial charge in [-0.3, -0.25) is 4.90 Å². The molecule has 0 unspecified atom stereocenters. The van der Waals surface area contributed by atoms with Crippen LogP contribution in [0.25, 0.3) is 0 Å². The number of hydrogen-bond acceptors (Lipinski definition) is 4. The summed E-state index contributed by atoms with van der Waals surface area (Å²) in [5, 5.41) is 8.23. The van der Waals surface area contributed by atoms with E-state index >= 15 is 0 Å². The molecule has 1 heterocycles. The Morgan fingerprint density at radius 3 is 2.44 bits per heavy atom. The first-order valence-corrected chi connectivity index (χ1v) is 6.07. The molecule has 1 aromatic heterocycles. The quantitative estimate of drug-likeness (QED) is 0.785. The van der Waals surface area contributed by atoms with Crippen molar-refractivity contribution in [2.24, 2.45) is 0 Å². The van der Waals surface area contributed by atoms with Crippen LogP contribution in [0.4, 0.5) is 0 Å². The Kier molecular flexibility index (Phi) is 3.02. The maximum Gasteiger partial charge on any atom is 0.230 e. The topological polar surface area (TPSA) is 42.2 Å². The largest absolute Gasteiger partial charge is 0.423 e. The average molecular weight is 223 g/mol. The third kappa shape index (κ3) is 2.61. The molecule has 16 heavy (non-hydrogen) atoms. The summed E-state index contributed by atoms with van der Waals surface area (Å²) in [5.41, 5.74) is -0.0537. The van der Waals surface area contributed by atoms with Gasteiger partial charge in [-0.2, -0.15) is 0 Å². The van der Waals surface area contributed by atoms with Crippen molar-refractivity contribution in [2.75, 3.05) is 6.54 Å². The number of aromatic nitrogens is 2. The van der Waals surface area contributed by atoms with Gasteiger partial charge in [-0.15, -0.1) is 10.2 Å². The van der Waals surface area contributed by atoms with E-state index in [-0.39, 0.29) is 5.41 Å². The van der Waals surface area contributed by atoms with Crippen molar-refractivity contribution in [3.05, 3.63) is 11.8 Å². The Hall–Kier alpha value is -0.900. The van der Waals surface area contributed by atoms with Crippen LogP contribution in [0.1, 0.15) is 52.3 Å². The smallest absolute Gasteiger partial charge is 0.230 e. The van der Waals surface area contributed by atoms with E-state index in [1.54, 1.807) is 0 Å². The molecule has 0 atom stereocenters. The SMILES string of the molecule is CCN(Cc1nnc(C(C)(C)C)o1)C1CC1. The fraction of sp³-hybridized carbons (Fsp3) is 0.833. The van der Waals surface area contributed by atoms with E-state index < -0.39 is 0 Å².